The first-order valence-electron chi connectivity index (χ1n) is 15.3. The summed E-state index contributed by atoms with van der Waals surface area (Å²) in [6.07, 6.45) is -0.491. The SMILES string of the molecule is [C-]#[N+]c1c2ccc(C)cc2c(C#N)c2ccc(C=Cc3ccc(N(c4ccc(C(F)(F)F)cc4)c4cccc5ccccc45)cc3)cc12. The number of hydrogen-bond acceptors (Lipinski definition) is 2. The number of alkyl halides is 3. The lowest BCUT2D eigenvalue weighted by atomic mass is 9.93. The lowest BCUT2D eigenvalue weighted by Crippen LogP contribution is -2.11. The van der Waals surface area contributed by atoms with Gasteiger partial charge in [-0.05, 0) is 87.4 Å². The number of nitriles is 1. The summed E-state index contributed by atoms with van der Waals surface area (Å²) in [7, 11) is 0. The Bertz CT molecular complexity index is 2460. The summed E-state index contributed by atoms with van der Waals surface area (Å²) in [5.41, 5.74) is 5.46. The minimum Gasteiger partial charge on any atom is -0.310 e. The van der Waals surface area contributed by atoms with Crippen molar-refractivity contribution in [1.29, 1.82) is 5.26 Å². The number of nitrogens with zero attached hydrogens (tertiary/aromatic N) is 3. The summed E-state index contributed by atoms with van der Waals surface area (Å²) in [4.78, 5) is 5.82. The van der Waals surface area contributed by atoms with E-state index in [0.29, 0.717) is 16.9 Å². The number of aryl methyl sites for hydroxylation is 1. The van der Waals surface area contributed by atoms with Gasteiger partial charge in [-0.3, -0.25) is 0 Å². The molecule has 0 radical (unpaired) electrons. The molecular weight excluding hydrogens is 603 g/mol. The molecule has 0 amide bonds. The molecule has 6 heteroatoms. The van der Waals surface area contributed by atoms with Crippen molar-refractivity contribution in [3.63, 3.8) is 0 Å². The third-order valence-electron chi connectivity index (χ3n) is 8.57. The standard InChI is InChI=1S/C42H26F3N3/c1-27-10-22-36-37(24-27)39(26-46)35-23-15-29(25-38(35)41(36)47-2)12-11-28-13-18-32(19-14-28)48(33-20-16-31(17-21-33)42(43,44)45)40-9-5-7-30-6-3-4-8-34(30)40/h3-25H,1H3. The van der Waals surface area contributed by atoms with Crippen LogP contribution in [0.5, 0.6) is 0 Å². The molecule has 0 heterocycles. The van der Waals surface area contributed by atoms with E-state index in [4.69, 9.17) is 6.57 Å². The number of fused-ring (bicyclic) bond motifs is 3. The summed E-state index contributed by atoms with van der Waals surface area (Å²) in [5, 5.41) is 15.1. The maximum atomic E-state index is 13.4. The first-order chi connectivity index (χ1) is 23.2. The van der Waals surface area contributed by atoms with E-state index >= 15 is 0 Å². The van der Waals surface area contributed by atoms with E-state index in [-0.39, 0.29) is 0 Å². The molecule has 0 atom stereocenters. The van der Waals surface area contributed by atoms with Gasteiger partial charge in [0, 0.05) is 16.8 Å². The molecular formula is C42H26F3N3. The number of rotatable bonds is 5. The van der Waals surface area contributed by atoms with Gasteiger partial charge < -0.3 is 4.90 Å². The summed E-state index contributed by atoms with van der Waals surface area (Å²) in [6, 6.07) is 40.8. The second-order valence-electron chi connectivity index (χ2n) is 11.6. The predicted molar refractivity (Wildman–Crippen MR) is 190 cm³/mol. The van der Waals surface area contributed by atoms with Gasteiger partial charge in [-0.1, -0.05) is 103 Å². The van der Waals surface area contributed by atoms with Gasteiger partial charge in [-0.2, -0.15) is 18.4 Å². The predicted octanol–water partition coefficient (Wildman–Crippen LogP) is 12.5. The van der Waals surface area contributed by atoms with Crippen LogP contribution in [0.15, 0.2) is 127 Å². The molecule has 0 saturated carbocycles. The Balaban J connectivity index is 1.26. The second-order valence-corrected chi connectivity index (χ2v) is 11.6. The maximum Gasteiger partial charge on any atom is 0.416 e. The number of halogens is 3. The first-order valence-corrected chi connectivity index (χ1v) is 15.3. The highest BCUT2D eigenvalue weighted by molar-refractivity contribution is 6.16. The Kier molecular flexibility index (Phi) is 7.63. The molecule has 7 aromatic rings. The maximum absolute atomic E-state index is 13.4. The monoisotopic (exact) mass is 629 g/mol. The largest absolute Gasteiger partial charge is 0.416 e. The summed E-state index contributed by atoms with van der Waals surface area (Å²) in [5.74, 6) is 0. The zero-order valence-electron chi connectivity index (χ0n) is 25.8. The fourth-order valence-electron chi connectivity index (χ4n) is 6.24. The Morgan fingerprint density at radius 3 is 2.02 bits per heavy atom. The van der Waals surface area contributed by atoms with Crippen LogP contribution in [0.3, 0.4) is 0 Å². The second kappa shape index (κ2) is 12.1. The van der Waals surface area contributed by atoms with Crippen LogP contribution in [0.2, 0.25) is 0 Å². The van der Waals surface area contributed by atoms with Crippen molar-refractivity contribution in [2.45, 2.75) is 13.1 Å². The van der Waals surface area contributed by atoms with Crippen LogP contribution in [0, 0.1) is 24.8 Å². The molecule has 48 heavy (non-hydrogen) atoms. The van der Waals surface area contributed by atoms with E-state index in [1.807, 2.05) is 127 Å². The van der Waals surface area contributed by atoms with Gasteiger partial charge in [0.25, 0.3) is 0 Å². The van der Waals surface area contributed by atoms with Gasteiger partial charge in [-0.25, -0.2) is 4.85 Å². The van der Waals surface area contributed by atoms with Gasteiger partial charge in [0.15, 0.2) is 0 Å². The van der Waals surface area contributed by atoms with Crippen molar-refractivity contribution in [1.82, 2.24) is 0 Å². The Morgan fingerprint density at radius 2 is 1.31 bits per heavy atom. The lowest BCUT2D eigenvalue weighted by molar-refractivity contribution is -0.137. The zero-order valence-corrected chi connectivity index (χ0v) is 25.8. The molecule has 0 aromatic heterocycles. The molecule has 7 aromatic carbocycles. The molecule has 0 bridgehead atoms. The fraction of sp³-hybridized carbons (Fsp3) is 0.0476. The van der Waals surface area contributed by atoms with Gasteiger partial charge in [0.2, 0.25) is 5.69 Å². The minimum atomic E-state index is -4.43. The van der Waals surface area contributed by atoms with E-state index in [1.165, 1.54) is 12.1 Å². The molecule has 3 nitrogen and oxygen atoms in total. The van der Waals surface area contributed by atoms with Gasteiger partial charge in [0.1, 0.15) is 6.07 Å². The average Bonchev–Trinajstić information content (AvgIpc) is 3.10. The molecule has 0 N–H and O–H groups in total. The minimum absolute atomic E-state index is 0.524. The number of anilines is 3. The summed E-state index contributed by atoms with van der Waals surface area (Å²) in [6.45, 7) is 9.90. The van der Waals surface area contributed by atoms with Crippen molar-refractivity contribution < 1.29 is 13.2 Å². The Hall–Kier alpha value is -6.37. The van der Waals surface area contributed by atoms with Gasteiger partial charge in [-0.15, -0.1) is 0 Å². The molecule has 0 unspecified atom stereocenters. The van der Waals surface area contributed by atoms with E-state index in [9.17, 15) is 18.4 Å². The molecule has 0 saturated heterocycles. The van der Waals surface area contributed by atoms with Crippen molar-refractivity contribution in [3.05, 3.63) is 167 Å². The van der Waals surface area contributed by atoms with E-state index in [2.05, 4.69) is 10.9 Å². The van der Waals surface area contributed by atoms with Crippen LogP contribution in [0.4, 0.5) is 35.9 Å². The Labute approximate surface area is 275 Å². The number of hydrogen-bond donors (Lipinski definition) is 0. The first kappa shape index (κ1) is 30.3. The van der Waals surface area contributed by atoms with Crippen LogP contribution < -0.4 is 4.90 Å². The molecule has 7 rings (SSSR count). The highest BCUT2D eigenvalue weighted by Crippen LogP contribution is 2.41. The molecule has 0 aliphatic rings. The van der Waals surface area contributed by atoms with Crippen molar-refractivity contribution in [3.8, 4) is 6.07 Å². The Morgan fingerprint density at radius 1 is 0.667 bits per heavy atom. The smallest absolute Gasteiger partial charge is 0.310 e. The van der Waals surface area contributed by atoms with Crippen molar-refractivity contribution in [2.24, 2.45) is 0 Å². The average molecular weight is 630 g/mol. The molecule has 0 aliphatic carbocycles. The summed E-state index contributed by atoms with van der Waals surface area (Å²) >= 11 is 0. The normalized spacial score (nSPS) is 11.6. The third-order valence-corrected chi connectivity index (χ3v) is 8.57. The highest BCUT2D eigenvalue weighted by atomic mass is 19.4. The molecule has 0 fully saturated rings. The van der Waals surface area contributed by atoms with Crippen molar-refractivity contribution >= 4 is 67.2 Å². The molecule has 0 spiro atoms. The quantitative estimate of drug-likeness (QED) is 0.108. The summed E-state index contributed by atoms with van der Waals surface area (Å²) < 4.78 is 40.2. The van der Waals surface area contributed by atoms with Crippen LogP contribution in [0.25, 0.3) is 49.3 Å². The van der Waals surface area contributed by atoms with E-state index in [0.717, 1.165) is 72.5 Å². The van der Waals surface area contributed by atoms with E-state index < -0.39 is 11.7 Å². The van der Waals surface area contributed by atoms with E-state index in [1.54, 1.807) is 0 Å². The molecule has 230 valence electrons. The van der Waals surface area contributed by atoms with Crippen LogP contribution in [0.1, 0.15) is 27.8 Å². The number of benzene rings is 7. The zero-order chi connectivity index (χ0) is 33.4. The highest BCUT2D eigenvalue weighted by Gasteiger charge is 2.30. The van der Waals surface area contributed by atoms with Crippen LogP contribution in [-0.4, -0.2) is 0 Å². The lowest BCUT2D eigenvalue weighted by Gasteiger charge is -2.27. The van der Waals surface area contributed by atoms with Crippen LogP contribution in [-0.2, 0) is 6.18 Å². The van der Waals surface area contributed by atoms with Gasteiger partial charge >= 0.3 is 6.18 Å². The molecule has 0 aliphatic heterocycles. The van der Waals surface area contributed by atoms with Crippen LogP contribution >= 0.6 is 0 Å². The topological polar surface area (TPSA) is 31.4 Å². The third kappa shape index (κ3) is 5.51. The van der Waals surface area contributed by atoms with Gasteiger partial charge in [0.05, 0.1) is 23.4 Å². The fourth-order valence-corrected chi connectivity index (χ4v) is 6.24. The van der Waals surface area contributed by atoms with Crippen molar-refractivity contribution in [2.75, 3.05) is 4.90 Å².